The molecule has 0 spiro atoms. The average Bonchev–Trinajstić information content (AvgIpc) is 2.49. The monoisotopic (exact) mass is 289 g/mol. The van der Waals surface area contributed by atoms with E-state index in [-0.39, 0.29) is 0 Å². The second-order valence-corrected chi connectivity index (χ2v) is 6.84. The molecule has 0 aliphatic heterocycles. The topological polar surface area (TPSA) is 21.3 Å². The Morgan fingerprint density at radius 3 is 2.62 bits per heavy atom. The fourth-order valence-electron chi connectivity index (χ4n) is 3.64. The Hall–Kier alpha value is -0.860. The SMILES string of the molecule is COCCNCC1(Cc2cc(C)ccc2C)CCCCC1. The maximum absolute atomic E-state index is 5.15. The van der Waals surface area contributed by atoms with Crippen molar-refractivity contribution in [3.63, 3.8) is 0 Å². The molecule has 1 aromatic rings. The Labute approximate surface area is 130 Å². The Morgan fingerprint density at radius 2 is 1.90 bits per heavy atom. The first kappa shape index (κ1) is 16.5. The zero-order valence-electron chi connectivity index (χ0n) is 14.0. The summed E-state index contributed by atoms with van der Waals surface area (Å²) in [5.41, 5.74) is 4.83. The van der Waals surface area contributed by atoms with Crippen molar-refractivity contribution in [2.24, 2.45) is 5.41 Å². The lowest BCUT2D eigenvalue weighted by atomic mass is 9.69. The van der Waals surface area contributed by atoms with Gasteiger partial charge >= 0.3 is 0 Å². The zero-order valence-corrected chi connectivity index (χ0v) is 14.0. The number of rotatable bonds is 7. The zero-order chi connectivity index (χ0) is 15.1. The lowest BCUT2D eigenvalue weighted by molar-refractivity contribution is 0.162. The fraction of sp³-hybridized carbons (Fsp3) is 0.684. The molecule has 1 aromatic carbocycles. The van der Waals surface area contributed by atoms with Crippen molar-refractivity contribution < 1.29 is 4.74 Å². The summed E-state index contributed by atoms with van der Waals surface area (Å²) in [5.74, 6) is 0. The second kappa shape index (κ2) is 7.95. The summed E-state index contributed by atoms with van der Waals surface area (Å²) in [5, 5.41) is 3.63. The van der Waals surface area contributed by atoms with Crippen molar-refractivity contribution >= 4 is 0 Å². The molecule has 0 saturated heterocycles. The average molecular weight is 289 g/mol. The van der Waals surface area contributed by atoms with Crippen LogP contribution >= 0.6 is 0 Å². The van der Waals surface area contributed by atoms with Gasteiger partial charge in [0, 0.05) is 20.2 Å². The molecule has 21 heavy (non-hydrogen) atoms. The molecule has 0 amide bonds. The molecule has 0 atom stereocenters. The molecule has 0 unspecified atom stereocenters. The van der Waals surface area contributed by atoms with Gasteiger partial charge in [-0.15, -0.1) is 0 Å². The minimum atomic E-state index is 0.449. The highest BCUT2D eigenvalue weighted by molar-refractivity contribution is 5.31. The van der Waals surface area contributed by atoms with Gasteiger partial charge in [0.15, 0.2) is 0 Å². The minimum Gasteiger partial charge on any atom is -0.383 e. The van der Waals surface area contributed by atoms with Gasteiger partial charge in [-0.3, -0.25) is 0 Å². The summed E-state index contributed by atoms with van der Waals surface area (Å²) in [6.07, 6.45) is 8.13. The van der Waals surface area contributed by atoms with Crippen LogP contribution in [0.5, 0.6) is 0 Å². The van der Waals surface area contributed by atoms with Gasteiger partial charge < -0.3 is 10.1 Å². The molecule has 1 aliphatic rings. The van der Waals surface area contributed by atoms with E-state index < -0.39 is 0 Å². The summed E-state index contributed by atoms with van der Waals surface area (Å²) in [4.78, 5) is 0. The molecule has 1 aliphatic carbocycles. The number of hydrogen-bond donors (Lipinski definition) is 1. The van der Waals surface area contributed by atoms with Crippen LogP contribution in [0.3, 0.4) is 0 Å². The van der Waals surface area contributed by atoms with Gasteiger partial charge in [0.2, 0.25) is 0 Å². The molecule has 1 fully saturated rings. The summed E-state index contributed by atoms with van der Waals surface area (Å²) in [7, 11) is 1.77. The summed E-state index contributed by atoms with van der Waals surface area (Å²) >= 11 is 0. The van der Waals surface area contributed by atoms with Gasteiger partial charge in [-0.25, -0.2) is 0 Å². The van der Waals surface area contributed by atoms with E-state index >= 15 is 0 Å². The molecule has 2 nitrogen and oxygen atoms in total. The third-order valence-electron chi connectivity index (χ3n) is 4.97. The Kier molecular flexibility index (Phi) is 6.25. The van der Waals surface area contributed by atoms with Gasteiger partial charge in [-0.1, -0.05) is 43.0 Å². The maximum Gasteiger partial charge on any atom is 0.0587 e. The van der Waals surface area contributed by atoms with Crippen LogP contribution in [0, 0.1) is 19.3 Å². The lowest BCUT2D eigenvalue weighted by Crippen LogP contribution is -2.39. The molecule has 0 bridgehead atoms. The minimum absolute atomic E-state index is 0.449. The molecule has 0 aromatic heterocycles. The van der Waals surface area contributed by atoms with Crippen LogP contribution in [0.15, 0.2) is 18.2 Å². The number of benzene rings is 1. The van der Waals surface area contributed by atoms with E-state index in [4.69, 9.17) is 4.74 Å². The van der Waals surface area contributed by atoms with E-state index in [1.807, 2.05) is 0 Å². The van der Waals surface area contributed by atoms with Crippen molar-refractivity contribution in [2.45, 2.75) is 52.4 Å². The Morgan fingerprint density at radius 1 is 1.14 bits per heavy atom. The van der Waals surface area contributed by atoms with Gasteiger partial charge in [-0.2, -0.15) is 0 Å². The quantitative estimate of drug-likeness (QED) is 0.765. The predicted octanol–water partition coefficient (Wildman–Crippen LogP) is 4.03. The Balaban J connectivity index is 2.06. The second-order valence-electron chi connectivity index (χ2n) is 6.84. The van der Waals surface area contributed by atoms with Crippen LogP contribution < -0.4 is 5.32 Å². The molecule has 118 valence electrons. The van der Waals surface area contributed by atoms with Crippen LogP contribution in [0.4, 0.5) is 0 Å². The summed E-state index contributed by atoms with van der Waals surface area (Å²) in [6.45, 7) is 7.35. The van der Waals surface area contributed by atoms with Crippen LogP contribution in [-0.2, 0) is 11.2 Å². The van der Waals surface area contributed by atoms with Gasteiger partial charge in [0.25, 0.3) is 0 Å². The van der Waals surface area contributed by atoms with Crippen molar-refractivity contribution in [3.05, 3.63) is 34.9 Å². The molecule has 2 rings (SSSR count). The van der Waals surface area contributed by atoms with Crippen LogP contribution in [0.25, 0.3) is 0 Å². The number of hydrogen-bond acceptors (Lipinski definition) is 2. The first-order valence-electron chi connectivity index (χ1n) is 8.41. The van der Waals surface area contributed by atoms with Crippen molar-refractivity contribution in [1.29, 1.82) is 0 Å². The fourth-order valence-corrected chi connectivity index (χ4v) is 3.64. The largest absolute Gasteiger partial charge is 0.383 e. The molecule has 0 heterocycles. The maximum atomic E-state index is 5.15. The molecule has 2 heteroatoms. The standard InChI is InChI=1S/C19H31NO/c1-16-7-8-17(2)18(13-16)14-19(9-5-4-6-10-19)15-20-11-12-21-3/h7-8,13,20H,4-6,9-12,14-15H2,1-3H3. The smallest absolute Gasteiger partial charge is 0.0587 e. The molecule has 1 saturated carbocycles. The van der Waals surface area contributed by atoms with E-state index in [0.29, 0.717) is 5.41 Å². The van der Waals surface area contributed by atoms with Gasteiger partial charge in [-0.05, 0) is 49.7 Å². The van der Waals surface area contributed by atoms with E-state index in [9.17, 15) is 0 Å². The van der Waals surface area contributed by atoms with Crippen LogP contribution in [0.1, 0.15) is 48.8 Å². The first-order valence-corrected chi connectivity index (χ1v) is 8.41. The van der Waals surface area contributed by atoms with Gasteiger partial charge in [0.1, 0.15) is 0 Å². The highest BCUT2D eigenvalue weighted by Gasteiger charge is 2.32. The van der Waals surface area contributed by atoms with E-state index in [1.54, 1.807) is 12.7 Å². The third-order valence-corrected chi connectivity index (χ3v) is 4.97. The summed E-state index contributed by atoms with van der Waals surface area (Å²) in [6, 6.07) is 6.89. The van der Waals surface area contributed by atoms with Crippen molar-refractivity contribution in [3.8, 4) is 0 Å². The third kappa shape index (κ3) is 4.82. The molecule has 0 radical (unpaired) electrons. The Bertz CT molecular complexity index is 435. The first-order chi connectivity index (χ1) is 10.2. The number of ether oxygens (including phenoxy) is 1. The van der Waals surface area contributed by atoms with Crippen LogP contribution in [0.2, 0.25) is 0 Å². The number of nitrogens with one attached hydrogen (secondary N) is 1. The predicted molar refractivity (Wildman–Crippen MR) is 89.9 cm³/mol. The molecular formula is C19H31NO. The normalized spacial score (nSPS) is 17.9. The van der Waals surface area contributed by atoms with E-state index in [0.717, 1.165) is 19.7 Å². The van der Waals surface area contributed by atoms with Crippen LogP contribution in [-0.4, -0.2) is 26.8 Å². The van der Waals surface area contributed by atoms with Crippen molar-refractivity contribution in [2.75, 3.05) is 26.8 Å². The lowest BCUT2D eigenvalue weighted by Gasteiger charge is -2.38. The highest BCUT2D eigenvalue weighted by atomic mass is 16.5. The molecular weight excluding hydrogens is 258 g/mol. The summed E-state index contributed by atoms with van der Waals surface area (Å²) < 4.78 is 5.15. The number of aryl methyl sites for hydroxylation is 2. The number of methoxy groups -OCH3 is 1. The molecule has 1 N–H and O–H groups in total. The van der Waals surface area contributed by atoms with E-state index in [1.165, 1.54) is 49.7 Å². The van der Waals surface area contributed by atoms with E-state index in [2.05, 4.69) is 37.4 Å². The van der Waals surface area contributed by atoms with Crippen molar-refractivity contribution in [1.82, 2.24) is 5.32 Å². The highest BCUT2D eigenvalue weighted by Crippen LogP contribution is 2.39. The van der Waals surface area contributed by atoms with Gasteiger partial charge in [0.05, 0.1) is 6.61 Å².